The predicted octanol–water partition coefficient (Wildman–Crippen LogP) is 2.56. The maximum Gasteiger partial charge on any atom is 0.244 e. The van der Waals surface area contributed by atoms with Crippen molar-refractivity contribution in [1.82, 2.24) is 13.9 Å². The topological polar surface area (TPSA) is 55.2 Å². The van der Waals surface area contributed by atoms with Gasteiger partial charge in [-0.25, -0.2) is 22.1 Å². The number of halogens is 2. The molecule has 124 valence electrons. The molecule has 1 aliphatic rings. The van der Waals surface area contributed by atoms with E-state index in [-0.39, 0.29) is 15.8 Å². The average molecular weight is 358 g/mol. The van der Waals surface area contributed by atoms with Gasteiger partial charge in [-0.05, 0) is 30.5 Å². The van der Waals surface area contributed by atoms with Gasteiger partial charge in [0.2, 0.25) is 10.0 Å². The van der Waals surface area contributed by atoms with Crippen molar-refractivity contribution in [2.45, 2.75) is 24.3 Å². The van der Waals surface area contributed by atoms with E-state index in [4.69, 9.17) is 11.6 Å². The number of fused-ring (bicyclic) bond motifs is 1. The Morgan fingerprint density at radius 1 is 1.48 bits per heavy atom. The Morgan fingerprint density at radius 3 is 3.04 bits per heavy atom. The van der Waals surface area contributed by atoms with E-state index in [9.17, 15) is 12.8 Å². The molecule has 0 N–H and O–H groups in total. The van der Waals surface area contributed by atoms with E-state index in [0.29, 0.717) is 6.54 Å². The molecular weight excluding hydrogens is 341 g/mol. The molecule has 1 aliphatic heterocycles. The first-order chi connectivity index (χ1) is 10.9. The molecule has 1 aromatic carbocycles. The second-order valence-corrected chi connectivity index (χ2v) is 8.18. The molecular formula is C15H17ClFN3O2S. The summed E-state index contributed by atoms with van der Waals surface area (Å²) in [5.41, 5.74) is 0. The Bertz CT molecular complexity index is 822. The lowest BCUT2D eigenvalue weighted by atomic mass is 10.00. The van der Waals surface area contributed by atoms with Crippen LogP contribution < -0.4 is 0 Å². The smallest absolute Gasteiger partial charge is 0.244 e. The van der Waals surface area contributed by atoms with Gasteiger partial charge >= 0.3 is 0 Å². The third kappa shape index (κ3) is 3.27. The van der Waals surface area contributed by atoms with Gasteiger partial charge in [0.1, 0.15) is 16.5 Å². The van der Waals surface area contributed by atoms with Crippen molar-refractivity contribution in [3.05, 3.63) is 47.3 Å². The van der Waals surface area contributed by atoms with Crippen LogP contribution in [-0.4, -0.2) is 35.9 Å². The lowest BCUT2D eigenvalue weighted by Gasteiger charge is -2.28. The van der Waals surface area contributed by atoms with Gasteiger partial charge in [0.15, 0.2) is 0 Å². The monoisotopic (exact) mass is 357 g/mol. The third-order valence-corrected chi connectivity index (χ3v) is 6.43. The summed E-state index contributed by atoms with van der Waals surface area (Å²) in [6.45, 7) is 1.08. The maximum absolute atomic E-state index is 13.4. The van der Waals surface area contributed by atoms with Gasteiger partial charge in [0.05, 0.1) is 5.02 Å². The molecule has 0 unspecified atom stereocenters. The normalized spacial score (nSPS) is 18.2. The van der Waals surface area contributed by atoms with E-state index < -0.39 is 15.8 Å². The third-order valence-electron chi connectivity index (χ3n) is 4.13. The summed E-state index contributed by atoms with van der Waals surface area (Å²) in [6.07, 6.45) is 5.35. The number of hydrogen-bond donors (Lipinski definition) is 0. The first-order valence-electron chi connectivity index (χ1n) is 7.29. The Kier molecular flexibility index (Phi) is 4.44. The number of rotatable bonds is 4. The molecule has 5 nitrogen and oxygen atoms in total. The van der Waals surface area contributed by atoms with Crippen LogP contribution in [0.3, 0.4) is 0 Å². The molecule has 2 heterocycles. The molecule has 0 spiro atoms. The van der Waals surface area contributed by atoms with Gasteiger partial charge in [0, 0.05) is 39.0 Å². The molecule has 23 heavy (non-hydrogen) atoms. The summed E-state index contributed by atoms with van der Waals surface area (Å²) in [5.74, 6) is 0.589. The molecule has 0 saturated carbocycles. The minimum Gasteiger partial charge on any atom is -0.335 e. The zero-order valence-corrected chi connectivity index (χ0v) is 14.2. The molecule has 0 fully saturated rings. The molecule has 0 saturated heterocycles. The molecule has 1 atom stereocenters. The van der Waals surface area contributed by atoms with E-state index in [0.717, 1.165) is 37.3 Å². The van der Waals surface area contributed by atoms with Gasteiger partial charge in [0.25, 0.3) is 0 Å². The van der Waals surface area contributed by atoms with Gasteiger partial charge in [-0.2, -0.15) is 0 Å². The van der Waals surface area contributed by atoms with Crippen molar-refractivity contribution in [2.24, 2.45) is 5.92 Å². The van der Waals surface area contributed by atoms with Crippen molar-refractivity contribution in [2.75, 3.05) is 13.6 Å². The SMILES string of the molecule is CN(C[C@H]1CCc2nccn2C1)S(=O)(=O)c1cc(F)ccc1Cl. The molecule has 2 aromatic rings. The van der Waals surface area contributed by atoms with Crippen LogP contribution in [0, 0.1) is 11.7 Å². The Labute approximate surface area is 139 Å². The van der Waals surface area contributed by atoms with Gasteiger partial charge in [-0.15, -0.1) is 0 Å². The average Bonchev–Trinajstić information content (AvgIpc) is 2.97. The minimum atomic E-state index is -3.82. The second kappa shape index (κ2) is 6.22. The molecule has 0 radical (unpaired) electrons. The Morgan fingerprint density at radius 2 is 2.26 bits per heavy atom. The van der Waals surface area contributed by atoms with Crippen LogP contribution in [0.4, 0.5) is 4.39 Å². The molecule has 0 amide bonds. The predicted molar refractivity (Wildman–Crippen MR) is 85.3 cm³/mol. The number of aromatic nitrogens is 2. The lowest BCUT2D eigenvalue weighted by Crippen LogP contribution is -2.35. The van der Waals surface area contributed by atoms with Crippen molar-refractivity contribution in [3.63, 3.8) is 0 Å². The maximum atomic E-state index is 13.4. The zero-order valence-electron chi connectivity index (χ0n) is 12.6. The number of sulfonamides is 1. The molecule has 1 aromatic heterocycles. The van der Waals surface area contributed by atoms with Crippen LogP contribution in [0.2, 0.25) is 5.02 Å². The zero-order chi connectivity index (χ0) is 16.6. The van der Waals surface area contributed by atoms with Crippen molar-refractivity contribution in [1.29, 1.82) is 0 Å². The van der Waals surface area contributed by atoms with Crippen LogP contribution in [0.5, 0.6) is 0 Å². The summed E-state index contributed by atoms with van der Waals surface area (Å²) >= 11 is 5.93. The molecule has 3 rings (SSSR count). The fourth-order valence-electron chi connectivity index (χ4n) is 2.89. The number of hydrogen-bond acceptors (Lipinski definition) is 3. The van der Waals surface area contributed by atoms with Gasteiger partial charge in [-0.3, -0.25) is 0 Å². The van der Waals surface area contributed by atoms with Crippen LogP contribution in [-0.2, 0) is 23.0 Å². The number of benzene rings is 1. The molecule has 0 aliphatic carbocycles. The summed E-state index contributed by atoms with van der Waals surface area (Å²) in [7, 11) is -2.32. The van der Waals surface area contributed by atoms with Gasteiger partial charge < -0.3 is 4.57 Å². The van der Waals surface area contributed by atoms with Crippen molar-refractivity contribution < 1.29 is 12.8 Å². The summed E-state index contributed by atoms with van der Waals surface area (Å²) in [6, 6.07) is 3.36. The van der Waals surface area contributed by atoms with Gasteiger partial charge in [-0.1, -0.05) is 11.6 Å². The number of imidazole rings is 1. The largest absolute Gasteiger partial charge is 0.335 e. The summed E-state index contributed by atoms with van der Waals surface area (Å²) in [5, 5.41) is 0.0267. The highest BCUT2D eigenvalue weighted by Gasteiger charge is 2.28. The Balaban J connectivity index is 1.77. The van der Waals surface area contributed by atoms with Crippen LogP contribution in [0.15, 0.2) is 35.5 Å². The summed E-state index contributed by atoms with van der Waals surface area (Å²) < 4.78 is 41.9. The minimum absolute atomic E-state index is 0.0267. The summed E-state index contributed by atoms with van der Waals surface area (Å²) in [4.78, 5) is 4.07. The second-order valence-electron chi connectivity index (χ2n) is 5.76. The van der Waals surface area contributed by atoms with E-state index in [1.165, 1.54) is 17.4 Å². The molecule has 8 heteroatoms. The first kappa shape index (κ1) is 16.4. The first-order valence-corrected chi connectivity index (χ1v) is 9.11. The van der Waals surface area contributed by atoms with Crippen LogP contribution in [0.1, 0.15) is 12.2 Å². The van der Waals surface area contributed by atoms with E-state index >= 15 is 0 Å². The standard InChI is InChI=1S/C15H17ClFN3O2S/c1-19(9-11-2-5-15-18-6-7-20(15)10-11)23(21,22)14-8-12(17)3-4-13(14)16/h3-4,6-8,11H,2,5,9-10H2,1H3/t11-/m1/s1. The highest BCUT2D eigenvalue weighted by Crippen LogP contribution is 2.27. The quantitative estimate of drug-likeness (QED) is 0.845. The van der Waals surface area contributed by atoms with Crippen molar-refractivity contribution in [3.8, 4) is 0 Å². The lowest BCUT2D eigenvalue weighted by molar-refractivity contribution is 0.303. The fourth-order valence-corrected chi connectivity index (χ4v) is 4.62. The number of aryl methyl sites for hydroxylation is 1. The highest BCUT2D eigenvalue weighted by atomic mass is 35.5. The molecule has 0 bridgehead atoms. The van der Waals surface area contributed by atoms with Crippen molar-refractivity contribution >= 4 is 21.6 Å². The van der Waals surface area contributed by atoms with Crippen LogP contribution >= 0.6 is 11.6 Å². The Hall–Kier alpha value is -1.44. The fraction of sp³-hybridized carbons (Fsp3) is 0.400. The highest BCUT2D eigenvalue weighted by molar-refractivity contribution is 7.89. The van der Waals surface area contributed by atoms with E-state index in [2.05, 4.69) is 4.98 Å². The number of nitrogens with zero attached hydrogens (tertiary/aromatic N) is 3. The van der Waals surface area contributed by atoms with E-state index in [1.54, 1.807) is 6.20 Å². The van der Waals surface area contributed by atoms with Crippen LogP contribution in [0.25, 0.3) is 0 Å². The van der Waals surface area contributed by atoms with E-state index in [1.807, 2.05) is 10.8 Å².